The maximum atomic E-state index is 2.36. The fourth-order valence-electron chi connectivity index (χ4n) is 2.21. The molecule has 1 aliphatic rings. The van der Waals surface area contributed by atoms with Gasteiger partial charge in [-0.3, -0.25) is 0 Å². The standard InChI is InChI=1S/C10H20/c1-7(2)9-5-6-10(9)8(3)4/h7-10H,5-6H2,1-4H3/t9-,10-/m1/s1. The van der Waals surface area contributed by atoms with Gasteiger partial charge in [-0.2, -0.15) is 0 Å². The Hall–Kier alpha value is 0. The molecular formula is C10H20. The van der Waals surface area contributed by atoms with Gasteiger partial charge in [-0.1, -0.05) is 27.7 Å². The summed E-state index contributed by atoms with van der Waals surface area (Å²) >= 11 is 0. The molecule has 0 heterocycles. The minimum atomic E-state index is 0.918. The van der Waals surface area contributed by atoms with Crippen LogP contribution in [0.4, 0.5) is 0 Å². The summed E-state index contributed by atoms with van der Waals surface area (Å²) in [4.78, 5) is 0. The Bertz CT molecular complexity index is 88.6. The second kappa shape index (κ2) is 2.94. The van der Waals surface area contributed by atoms with Gasteiger partial charge in [-0.15, -0.1) is 0 Å². The number of rotatable bonds is 2. The van der Waals surface area contributed by atoms with Crippen molar-refractivity contribution in [2.75, 3.05) is 0 Å². The van der Waals surface area contributed by atoms with E-state index in [9.17, 15) is 0 Å². The van der Waals surface area contributed by atoms with E-state index in [1.807, 2.05) is 0 Å². The summed E-state index contributed by atoms with van der Waals surface area (Å²) in [6, 6.07) is 0. The zero-order valence-corrected chi connectivity index (χ0v) is 7.72. The molecule has 1 saturated carbocycles. The molecule has 0 unspecified atom stereocenters. The molecule has 60 valence electrons. The first-order valence-corrected chi connectivity index (χ1v) is 4.63. The van der Waals surface area contributed by atoms with Crippen molar-refractivity contribution in [1.29, 1.82) is 0 Å². The summed E-state index contributed by atoms with van der Waals surface area (Å²) in [6.45, 7) is 9.44. The molecule has 0 amide bonds. The summed E-state index contributed by atoms with van der Waals surface area (Å²) in [5.41, 5.74) is 0. The van der Waals surface area contributed by atoms with Gasteiger partial charge in [0.05, 0.1) is 0 Å². The van der Waals surface area contributed by atoms with Crippen LogP contribution >= 0.6 is 0 Å². The van der Waals surface area contributed by atoms with Crippen LogP contribution in [-0.2, 0) is 0 Å². The Morgan fingerprint density at radius 3 is 1.20 bits per heavy atom. The molecule has 0 aliphatic heterocycles. The smallest absolute Gasteiger partial charge is 0.0360 e. The van der Waals surface area contributed by atoms with E-state index in [1.165, 1.54) is 12.8 Å². The van der Waals surface area contributed by atoms with Crippen molar-refractivity contribution in [1.82, 2.24) is 0 Å². The maximum absolute atomic E-state index is 2.36. The molecular weight excluding hydrogens is 120 g/mol. The van der Waals surface area contributed by atoms with Crippen LogP contribution in [0.3, 0.4) is 0 Å². The lowest BCUT2D eigenvalue weighted by Crippen LogP contribution is -2.33. The van der Waals surface area contributed by atoms with Gasteiger partial charge in [-0.05, 0) is 36.5 Å². The van der Waals surface area contributed by atoms with Crippen LogP contribution in [0.1, 0.15) is 40.5 Å². The van der Waals surface area contributed by atoms with Gasteiger partial charge in [0, 0.05) is 0 Å². The van der Waals surface area contributed by atoms with Gasteiger partial charge in [0.25, 0.3) is 0 Å². The highest BCUT2D eigenvalue weighted by Crippen LogP contribution is 2.43. The average Bonchev–Trinajstić information content (AvgIpc) is 1.56. The van der Waals surface area contributed by atoms with Crippen LogP contribution in [0, 0.1) is 23.7 Å². The molecule has 0 spiro atoms. The van der Waals surface area contributed by atoms with Gasteiger partial charge >= 0.3 is 0 Å². The van der Waals surface area contributed by atoms with E-state index in [4.69, 9.17) is 0 Å². The Kier molecular flexibility index (Phi) is 2.38. The topological polar surface area (TPSA) is 0 Å². The molecule has 0 aromatic rings. The minimum absolute atomic E-state index is 0.918. The SMILES string of the molecule is CC(C)[C@H]1CC[C@@H]1C(C)C. The van der Waals surface area contributed by atoms with Crippen molar-refractivity contribution in [2.24, 2.45) is 23.7 Å². The molecule has 0 N–H and O–H groups in total. The first-order chi connectivity index (χ1) is 4.63. The summed E-state index contributed by atoms with van der Waals surface area (Å²) in [6.07, 6.45) is 2.97. The second-order valence-corrected chi connectivity index (χ2v) is 4.39. The quantitative estimate of drug-likeness (QED) is 0.552. The largest absolute Gasteiger partial charge is 0.0625 e. The lowest BCUT2D eigenvalue weighted by molar-refractivity contribution is 0.0793. The molecule has 0 nitrogen and oxygen atoms in total. The molecule has 0 heteroatoms. The first-order valence-electron chi connectivity index (χ1n) is 4.63. The Morgan fingerprint density at radius 2 is 1.10 bits per heavy atom. The van der Waals surface area contributed by atoms with Crippen LogP contribution in [0.25, 0.3) is 0 Å². The van der Waals surface area contributed by atoms with Gasteiger partial charge in [-0.25, -0.2) is 0 Å². The van der Waals surface area contributed by atoms with Crippen LogP contribution in [0.2, 0.25) is 0 Å². The highest BCUT2D eigenvalue weighted by Gasteiger charge is 2.34. The highest BCUT2D eigenvalue weighted by molar-refractivity contribution is 4.84. The third kappa shape index (κ3) is 1.36. The van der Waals surface area contributed by atoms with E-state index in [-0.39, 0.29) is 0 Å². The predicted molar refractivity (Wildman–Crippen MR) is 45.9 cm³/mol. The molecule has 0 aromatic heterocycles. The molecule has 10 heavy (non-hydrogen) atoms. The zero-order valence-electron chi connectivity index (χ0n) is 7.72. The monoisotopic (exact) mass is 140 g/mol. The molecule has 2 atom stereocenters. The minimum Gasteiger partial charge on any atom is -0.0625 e. The maximum Gasteiger partial charge on any atom is -0.0360 e. The molecule has 1 aliphatic carbocycles. The molecule has 1 fully saturated rings. The molecule has 0 saturated heterocycles. The third-order valence-corrected chi connectivity index (χ3v) is 3.10. The van der Waals surface area contributed by atoms with Crippen LogP contribution < -0.4 is 0 Å². The van der Waals surface area contributed by atoms with E-state index >= 15 is 0 Å². The Morgan fingerprint density at radius 1 is 0.800 bits per heavy atom. The fourth-order valence-corrected chi connectivity index (χ4v) is 2.21. The molecule has 0 bridgehead atoms. The lowest BCUT2D eigenvalue weighted by atomic mass is 9.64. The van der Waals surface area contributed by atoms with Crippen LogP contribution in [-0.4, -0.2) is 0 Å². The first kappa shape index (κ1) is 8.10. The Labute approximate surface area is 65.0 Å². The van der Waals surface area contributed by atoms with Crippen molar-refractivity contribution < 1.29 is 0 Å². The van der Waals surface area contributed by atoms with Crippen molar-refractivity contribution in [3.05, 3.63) is 0 Å². The van der Waals surface area contributed by atoms with E-state index < -0.39 is 0 Å². The molecule has 1 rings (SSSR count). The van der Waals surface area contributed by atoms with Crippen molar-refractivity contribution in [3.63, 3.8) is 0 Å². The summed E-state index contributed by atoms with van der Waals surface area (Å²) in [5, 5.41) is 0. The summed E-state index contributed by atoms with van der Waals surface area (Å²) in [7, 11) is 0. The van der Waals surface area contributed by atoms with Crippen LogP contribution in [0.5, 0.6) is 0 Å². The van der Waals surface area contributed by atoms with E-state index in [1.54, 1.807) is 0 Å². The lowest BCUT2D eigenvalue weighted by Gasteiger charge is -2.42. The van der Waals surface area contributed by atoms with Gasteiger partial charge in [0.1, 0.15) is 0 Å². The van der Waals surface area contributed by atoms with E-state index in [2.05, 4.69) is 27.7 Å². The number of hydrogen-bond acceptors (Lipinski definition) is 0. The second-order valence-electron chi connectivity index (χ2n) is 4.39. The normalized spacial score (nSPS) is 33.0. The van der Waals surface area contributed by atoms with Crippen molar-refractivity contribution in [2.45, 2.75) is 40.5 Å². The van der Waals surface area contributed by atoms with E-state index in [0.29, 0.717) is 0 Å². The predicted octanol–water partition coefficient (Wildman–Crippen LogP) is 3.32. The van der Waals surface area contributed by atoms with Crippen molar-refractivity contribution in [3.8, 4) is 0 Å². The fraction of sp³-hybridized carbons (Fsp3) is 1.00. The van der Waals surface area contributed by atoms with Gasteiger partial charge in [0.15, 0.2) is 0 Å². The summed E-state index contributed by atoms with van der Waals surface area (Å²) in [5.74, 6) is 3.92. The number of hydrogen-bond donors (Lipinski definition) is 0. The zero-order chi connectivity index (χ0) is 7.72. The van der Waals surface area contributed by atoms with Gasteiger partial charge < -0.3 is 0 Å². The molecule has 0 aromatic carbocycles. The van der Waals surface area contributed by atoms with E-state index in [0.717, 1.165) is 23.7 Å². The van der Waals surface area contributed by atoms with Crippen molar-refractivity contribution >= 4 is 0 Å². The van der Waals surface area contributed by atoms with Gasteiger partial charge in [0.2, 0.25) is 0 Å². The summed E-state index contributed by atoms with van der Waals surface area (Å²) < 4.78 is 0. The molecule has 0 radical (unpaired) electrons. The third-order valence-electron chi connectivity index (χ3n) is 3.10. The highest BCUT2D eigenvalue weighted by atomic mass is 14.4. The average molecular weight is 140 g/mol. The van der Waals surface area contributed by atoms with Crippen LogP contribution in [0.15, 0.2) is 0 Å². The Balaban J connectivity index is 2.36.